The molecule has 0 aromatic heterocycles. The standard InChI is InChI=1S/C23H37NO4S/c1-9-28-21(26)23(6,7)19(24-17-10-12-18(27-8)13-11-17)14-16(2)15-20(25)29-22(3,4)5/h10-13,16,19,24H,9,14-15H2,1-8H3. The molecule has 2 atom stereocenters. The molecular weight excluding hydrogens is 386 g/mol. The molecule has 1 aromatic rings. The van der Waals surface area contributed by atoms with E-state index in [1.54, 1.807) is 7.11 Å². The van der Waals surface area contributed by atoms with E-state index in [1.807, 2.05) is 65.8 Å². The van der Waals surface area contributed by atoms with Crippen molar-refractivity contribution in [3.8, 4) is 5.75 Å². The predicted octanol–water partition coefficient (Wildman–Crippen LogP) is 5.54. The van der Waals surface area contributed by atoms with Crippen LogP contribution < -0.4 is 10.1 Å². The highest BCUT2D eigenvalue weighted by Gasteiger charge is 2.39. The van der Waals surface area contributed by atoms with Crippen molar-refractivity contribution in [3.63, 3.8) is 0 Å². The van der Waals surface area contributed by atoms with E-state index in [0.717, 1.165) is 11.4 Å². The van der Waals surface area contributed by atoms with Crippen molar-refractivity contribution in [2.24, 2.45) is 11.3 Å². The van der Waals surface area contributed by atoms with E-state index in [4.69, 9.17) is 9.47 Å². The molecule has 0 saturated carbocycles. The Bertz CT molecular complexity index is 664. The van der Waals surface area contributed by atoms with Gasteiger partial charge in [0.2, 0.25) is 0 Å². The SMILES string of the molecule is CCOC(=O)C(C)(C)C(CC(C)CC(=O)SC(C)(C)C)Nc1ccc(OC)cc1. The van der Waals surface area contributed by atoms with Gasteiger partial charge in [0, 0.05) is 22.9 Å². The van der Waals surface area contributed by atoms with Gasteiger partial charge in [-0.05, 0) is 57.4 Å². The molecule has 0 aliphatic carbocycles. The van der Waals surface area contributed by atoms with E-state index >= 15 is 0 Å². The second-order valence-corrected chi connectivity index (χ2v) is 10.9. The van der Waals surface area contributed by atoms with Crippen LogP contribution in [-0.2, 0) is 14.3 Å². The highest BCUT2D eigenvalue weighted by molar-refractivity contribution is 8.14. The summed E-state index contributed by atoms with van der Waals surface area (Å²) in [6, 6.07) is 7.43. The molecule has 0 spiro atoms. The van der Waals surface area contributed by atoms with E-state index in [0.29, 0.717) is 19.4 Å². The number of nitrogens with one attached hydrogen (secondary N) is 1. The molecule has 0 saturated heterocycles. The van der Waals surface area contributed by atoms with Crippen molar-refractivity contribution in [2.75, 3.05) is 19.0 Å². The zero-order valence-corrected chi connectivity index (χ0v) is 19.9. The van der Waals surface area contributed by atoms with Crippen LogP contribution >= 0.6 is 11.8 Å². The van der Waals surface area contributed by atoms with Gasteiger partial charge >= 0.3 is 5.97 Å². The summed E-state index contributed by atoms with van der Waals surface area (Å²) in [5.74, 6) is 0.658. The molecule has 0 aliphatic rings. The van der Waals surface area contributed by atoms with Gasteiger partial charge in [-0.1, -0.05) is 39.5 Å². The quantitative estimate of drug-likeness (QED) is 0.499. The normalized spacial score (nSPS) is 14.1. The molecule has 1 N–H and O–H groups in total. The molecule has 29 heavy (non-hydrogen) atoms. The predicted molar refractivity (Wildman–Crippen MR) is 122 cm³/mol. The molecule has 1 rings (SSSR count). The Labute approximate surface area is 180 Å². The van der Waals surface area contributed by atoms with E-state index in [1.165, 1.54) is 11.8 Å². The maximum absolute atomic E-state index is 12.6. The highest BCUT2D eigenvalue weighted by Crippen LogP contribution is 2.33. The van der Waals surface area contributed by atoms with Crippen molar-refractivity contribution in [3.05, 3.63) is 24.3 Å². The Kier molecular flexibility index (Phi) is 9.53. The molecule has 0 fully saturated rings. The van der Waals surface area contributed by atoms with Gasteiger partial charge in [0.25, 0.3) is 0 Å². The van der Waals surface area contributed by atoms with Crippen molar-refractivity contribution in [1.82, 2.24) is 0 Å². The van der Waals surface area contributed by atoms with Gasteiger partial charge in [-0.15, -0.1) is 0 Å². The van der Waals surface area contributed by atoms with E-state index < -0.39 is 5.41 Å². The van der Waals surface area contributed by atoms with Gasteiger partial charge in [0.05, 0.1) is 19.1 Å². The zero-order chi connectivity index (χ0) is 22.2. The average Bonchev–Trinajstić information content (AvgIpc) is 2.60. The van der Waals surface area contributed by atoms with E-state index in [-0.39, 0.29) is 27.8 Å². The van der Waals surface area contributed by atoms with Gasteiger partial charge < -0.3 is 14.8 Å². The summed E-state index contributed by atoms with van der Waals surface area (Å²) in [5, 5.41) is 3.67. The third kappa shape index (κ3) is 8.69. The van der Waals surface area contributed by atoms with Crippen LogP contribution in [0.2, 0.25) is 0 Å². The summed E-state index contributed by atoms with van der Waals surface area (Å²) in [6.07, 6.45) is 1.15. The Morgan fingerprint density at radius 1 is 1.10 bits per heavy atom. The molecule has 0 radical (unpaired) electrons. The number of rotatable bonds is 10. The first kappa shape index (κ1) is 25.3. The van der Waals surface area contributed by atoms with Crippen molar-refractivity contribution < 1.29 is 19.1 Å². The average molecular weight is 424 g/mol. The molecule has 0 bridgehead atoms. The number of carbonyl (C=O) groups excluding carboxylic acids is 2. The molecule has 1 aromatic carbocycles. The lowest BCUT2D eigenvalue weighted by Gasteiger charge is -2.35. The fraction of sp³-hybridized carbons (Fsp3) is 0.652. The monoisotopic (exact) mass is 423 g/mol. The minimum Gasteiger partial charge on any atom is -0.497 e. The number of ether oxygens (including phenoxy) is 2. The summed E-state index contributed by atoms with van der Waals surface area (Å²) in [7, 11) is 1.63. The number of hydrogen-bond acceptors (Lipinski definition) is 6. The third-order valence-electron chi connectivity index (χ3n) is 4.68. The lowest BCUT2D eigenvalue weighted by atomic mass is 9.79. The topological polar surface area (TPSA) is 64.6 Å². The minimum atomic E-state index is -0.746. The van der Waals surface area contributed by atoms with Crippen molar-refractivity contribution in [1.29, 1.82) is 0 Å². The van der Waals surface area contributed by atoms with Crippen LogP contribution in [0.5, 0.6) is 5.75 Å². The van der Waals surface area contributed by atoms with Crippen LogP contribution in [0, 0.1) is 11.3 Å². The first-order valence-electron chi connectivity index (χ1n) is 10.2. The van der Waals surface area contributed by atoms with E-state index in [9.17, 15) is 9.59 Å². The Balaban J connectivity index is 2.96. The van der Waals surface area contributed by atoms with Crippen molar-refractivity contribution in [2.45, 2.75) is 72.1 Å². The van der Waals surface area contributed by atoms with E-state index in [2.05, 4.69) is 12.2 Å². The Morgan fingerprint density at radius 2 is 1.69 bits per heavy atom. The summed E-state index contributed by atoms with van der Waals surface area (Å²) < 4.78 is 10.4. The summed E-state index contributed by atoms with van der Waals surface area (Å²) >= 11 is 1.38. The highest BCUT2D eigenvalue weighted by atomic mass is 32.2. The van der Waals surface area contributed by atoms with Crippen LogP contribution in [0.1, 0.15) is 61.3 Å². The summed E-state index contributed by atoms with van der Waals surface area (Å²) in [5.41, 5.74) is 0.153. The summed E-state index contributed by atoms with van der Waals surface area (Å²) in [4.78, 5) is 25.0. The lowest BCUT2D eigenvalue weighted by Crippen LogP contribution is -2.44. The molecule has 164 valence electrons. The molecule has 0 amide bonds. The van der Waals surface area contributed by atoms with Crippen molar-refractivity contribution >= 4 is 28.5 Å². The van der Waals surface area contributed by atoms with Gasteiger partial charge in [0.1, 0.15) is 5.75 Å². The number of methoxy groups -OCH3 is 1. The number of benzene rings is 1. The summed E-state index contributed by atoms with van der Waals surface area (Å²) in [6.45, 7) is 14.1. The molecule has 6 heteroatoms. The van der Waals surface area contributed by atoms with Crippen LogP contribution in [0.15, 0.2) is 24.3 Å². The maximum Gasteiger partial charge on any atom is 0.313 e. The lowest BCUT2D eigenvalue weighted by molar-refractivity contribution is -0.154. The number of hydrogen-bond donors (Lipinski definition) is 1. The van der Waals surface area contributed by atoms with Crippen LogP contribution in [-0.4, -0.2) is 35.6 Å². The van der Waals surface area contributed by atoms with Crippen LogP contribution in [0.4, 0.5) is 5.69 Å². The van der Waals surface area contributed by atoms with Gasteiger partial charge in [-0.3, -0.25) is 9.59 Å². The fourth-order valence-corrected chi connectivity index (χ4v) is 4.09. The second-order valence-electron chi connectivity index (χ2n) is 9.00. The largest absolute Gasteiger partial charge is 0.497 e. The first-order chi connectivity index (χ1) is 13.4. The molecule has 0 aliphatic heterocycles. The second kappa shape index (κ2) is 10.9. The van der Waals surface area contributed by atoms with Gasteiger partial charge in [-0.25, -0.2) is 0 Å². The number of carbonyl (C=O) groups is 2. The maximum atomic E-state index is 12.6. The Morgan fingerprint density at radius 3 is 2.17 bits per heavy atom. The fourth-order valence-electron chi connectivity index (χ4n) is 3.04. The molecule has 0 heterocycles. The minimum absolute atomic E-state index is 0.0955. The van der Waals surface area contributed by atoms with Gasteiger partial charge in [0.15, 0.2) is 5.12 Å². The van der Waals surface area contributed by atoms with Gasteiger partial charge in [-0.2, -0.15) is 0 Å². The smallest absolute Gasteiger partial charge is 0.313 e. The number of esters is 1. The number of thioether (sulfide) groups is 1. The third-order valence-corrected chi connectivity index (χ3v) is 5.68. The zero-order valence-electron chi connectivity index (χ0n) is 19.1. The first-order valence-corrected chi connectivity index (χ1v) is 11.0. The molecule has 2 unspecified atom stereocenters. The van der Waals surface area contributed by atoms with Crippen LogP contribution in [0.3, 0.4) is 0 Å². The molecule has 5 nitrogen and oxygen atoms in total. The Hall–Kier alpha value is -1.69. The molecular formula is C23H37NO4S. The number of anilines is 1. The van der Waals surface area contributed by atoms with Crippen LogP contribution in [0.25, 0.3) is 0 Å².